The second kappa shape index (κ2) is 9.63. The van der Waals surface area contributed by atoms with Crippen molar-refractivity contribution < 1.29 is 14.6 Å². The zero-order chi connectivity index (χ0) is 23.7. The highest BCUT2D eigenvalue weighted by atomic mass is 35.5. The van der Waals surface area contributed by atoms with E-state index in [1.165, 1.54) is 11.1 Å². The summed E-state index contributed by atoms with van der Waals surface area (Å²) in [5, 5.41) is 16.8. The Kier molecular flexibility index (Phi) is 6.42. The number of amides is 1. The molecular weight excluding hydrogens is 479 g/mol. The molecule has 176 valence electrons. The Morgan fingerprint density at radius 3 is 2.68 bits per heavy atom. The monoisotopic (exact) mass is 500 g/mol. The lowest BCUT2D eigenvalue weighted by atomic mass is 10.1. The van der Waals surface area contributed by atoms with Crippen LogP contribution in [0.15, 0.2) is 48.7 Å². The van der Waals surface area contributed by atoms with E-state index < -0.39 is 0 Å². The van der Waals surface area contributed by atoms with Gasteiger partial charge in [0.2, 0.25) is 11.8 Å². The SMILES string of the molecule is O=C1c2cnc(Nc3ccc(N4CCNC[C@@H]4CO)cc3)nc2OCN1c1c(Cl)cccc1Cl. The lowest BCUT2D eigenvalue weighted by Crippen LogP contribution is -2.53. The predicted octanol–water partition coefficient (Wildman–Crippen LogP) is 3.29. The molecule has 1 fully saturated rings. The third-order valence-corrected chi connectivity index (χ3v) is 6.39. The molecule has 0 unspecified atom stereocenters. The fraction of sp³-hybridized carbons (Fsp3) is 0.261. The summed E-state index contributed by atoms with van der Waals surface area (Å²) in [5.74, 6) is 0.144. The summed E-state index contributed by atoms with van der Waals surface area (Å²) in [6, 6.07) is 12.9. The molecule has 34 heavy (non-hydrogen) atoms. The molecule has 1 atom stereocenters. The summed E-state index contributed by atoms with van der Waals surface area (Å²) >= 11 is 12.5. The van der Waals surface area contributed by atoms with Crippen molar-refractivity contribution in [1.29, 1.82) is 0 Å². The van der Waals surface area contributed by atoms with Crippen LogP contribution >= 0.6 is 23.2 Å². The van der Waals surface area contributed by atoms with Crippen LogP contribution in [0.25, 0.3) is 0 Å². The first-order valence-electron chi connectivity index (χ1n) is 10.8. The summed E-state index contributed by atoms with van der Waals surface area (Å²) in [6.07, 6.45) is 1.42. The van der Waals surface area contributed by atoms with Crippen LogP contribution in [0.2, 0.25) is 10.0 Å². The molecule has 2 aliphatic rings. The van der Waals surface area contributed by atoms with Gasteiger partial charge in [-0.15, -0.1) is 0 Å². The lowest BCUT2D eigenvalue weighted by Gasteiger charge is -2.37. The second-order valence-electron chi connectivity index (χ2n) is 7.90. The summed E-state index contributed by atoms with van der Waals surface area (Å²) in [4.78, 5) is 25.2. The predicted molar refractivity (Wildman–Crippen MR) is 132 cm³/mol. The maximum absolute atomic E-state index is 13.0. The Morgan fingerprint density at radius 1 is 1.18 bits per heavy atom. The Balaban J connectivity index is 1.31. The molecule has 3 heterocycles. The molecule has 0 spiro atoms. The number of halogens is 2. The van der Waals surface area contributed by atoms with Crippen LogP contribution in [0, 0.1) is 0 Å². The number of aromatic nitrogens is 2. The van der Waals surface area contributed by atoms with E-state index in [1.54, 1.807) is 18.2 Å². The molecular formula is C23H22Cl2N6O3. The van der Waals surface area contributed by atoms with Gasteiger partial charge in [-0.3, -0.25) is 9.69 Å². The molecule has 1 amide bonds. The summed E-state index contributed by atoms with van der Waals surface area (Å²) < 4.78 is 5.73. The Hall–Kier alpha value is -3.11. The molecule has 3 aromatic rings. The average Bonchev–Trinajstić information content (AvgIpc) is 2.86. The van der Waals surface area contributed by atoms with Gasteiger partial charge in [0, 0.05) is 37.2 Å². The minimum absolute atomic E-state index is 0.0476. The molecule has 3 N–H and O–H groups in total. The maximum Gasteiger partial charge on any atom is 0.268 e. The van der Waals surface area contributed by atoms with Gasteiger partial charge in [0.15, 0.2) is 6.73 Å². The highest BCUT2D eigenvalue weighted by Gasteiger charge is 2.31. The summed E-state index contributed by atoms with van der Waals surface area (Å²) in [7, 11) is 0. The van der Waals surface area contributed by atoms with Crippen LogP contribution in [0.5, 0.6) is 5.88 Å². The van der Waals surface area contributed by atoms with Crippen LogP contribution in [0.4, 0.5) is 23.0 Å². The van der Waals surface area contributed by atoms with E-state index in [-0.39, 0.29) is 36.7 Å². The zero-order valence-electron chi connectivity index (χ0n) is 18.0. The molecule has 11 heteroatoms. The molecule has 0 radical (unpaired) electrons. The number of anilines is 4. The van der Waals surface area contributed by atoms with Crippen molar-refractivity contribution >= 4 is 52.1 Å². The van der Waals surface area contributed by atoms with Crippen molar-refractivity contribution in [2.45, 2.75) is 6.04 Å². The average molecular weight is 501 g/mol. The quantitative estimate of drug-likeness (QED) is 0.490. The number of nitrogens with zero attached hydrogens (tertiary/aromatic N) is 4. The van der Waals surface area contributed by atoms with Gasteiger partial charge in [0.25, 0.3) is 5.91 Å². The summed E-state index contributed by atoms with van der Waals surface area (Å²) in [6.45, 7) is 2.47. The van der Waals surface area contributed by atoms with Gasteiger partial charge in [0.1, 0.15) is 5.56 Å². The molecule has 1 aromatic heterocycles. The topological polar surface area (TPSA) is 103 Å². The van der Waals surface area contributed by atoms with E-state index in [9.17, 15) is 9.90 Å². The minimum Gasteiger partial charge on any atom is -0.455 e. The number of fused-ring (bicyclic) bond motifs is 1. The molecule has 5 rings (SSSR count). The highest BCUT2D eigenvalue weighted by molar-refractivity contribution is 6.40. The normalized spacial score (nSPS) is 17.9. The first kappa shape index (κ1) is 22.7. The first-order chi connectivity index (χ1) is 16.5. The fourth-order valence-corrected chi connectivity index (χ4v) is 4.66. The number of carbonyl (C=O) groups is 1. The molecule has 0 bridgehead atoms. The van der Waals surface area contributed by atoms with Crippen LogP contribution < -0.4 is 25.2 Å². The number of hydrogen-bond donors (Lipinski definition) is 3. The van der Waals surface area contributed by atoms with Crippen molar-refractivity contribution in [2.24, 2.45) is 0 Å². The number of aliphatic hydroxyl groups is 1. The number of aliphatic hydroxyl groups excluding tert-OH is 1. The number of hydrogen-bond acceptors (Lipinski definition) is 8. The van der Waals surface area contributed by atoms with Gasteiger partial charge in [-0.1, -0.05) is 29.3 Å². The third kappa shape index (κ3) is 4.35. The second-order valence-corrected chi connectivity index (χ2v) is 8.71. The molecule has 2 aliphatic heterocycles. The standard InChI is InChI=1S/C23H22Cl2N6O3/c24-18-2-1-3-19(25)20(18)31-13-34-21-17(22(31)33)11-27-23(29-21)28-14-4-6-15(7-5-14)30-9-8-26-10-16(30)12-32/h1-7,11,16,26,32H,8-10,12-13H2,(H,27,28,29)/t16-/m1/s1. The first-order valence-corrected chi connectivity index (χ1v) is 11.5. The maximum atomic E-state index is 13.0. The smallest absolute Gasteiger partial charge is 0.268 e. The van der Waals surface area contributed by atoms with Gasteiger partial charge < -0.3 is 25.4 Å². The van der Waals surface area contributed by atoms with E-state index in [1.807, 2.05) is 24.3 Å². The van der Waals surface area contributed by atoms with E-state index in [0.717, 1.165) is 31.0 Å². The largest absolute Gasteiger partial charge is 0.455 e. The van der Waals surface area contributed by atoms with Gasteiger partial charge in [0.05, 0.1) is 28.4 Å². The van der Waals surface area contributed by atoms with Crippen molar-refractivity contribution in [2.75, 3.05) is 48.1 Å². The van der Waals surface area contributed by atoms with Crippen molar-refractivity contribution in [3.63, 3.8) is 0 Å². The van der Waals surface area contributed by atoms with Crippen LogP contribution in [0.1, 0.15) is 10.4 Å². The fourth-order valence-electron chi connectivity index (χ4n) is 4.06. The Bertz CT molecular complexity index is 1190. The highest BCUT2D eigenvalue weighted by Crippen LogP contribution is 2.37. The van der Waals surface area contributed by atoms with Crippen molar-refractivity contribution in [3.05, 3.63) is 64.3 Å². The van der Waals surface area contributed by atoms with E-state index in [4.69, 9.17) is 27.9 Å². The number of para-hydroxylation sites is 1. The van der Waals surface area contributed by atoms with E-state index >= 15 is 0 Å². The number of rotatable bonds is 5. The number of nitrogens with one attached hydrogen (secondary N) is 2. The van der Waals surface area contributed by atoms with E-state index in [0.29, 0.717) is 21.7 Å². The number of benzene rings is 2. The van der Waals surface area contributed by atoms with Crippen molar-refractivity contribution in [3.8, 4) is 5.88 Å². The molecule has 0 aliphatic carbocycles. The van der Waals surface area contributed by atoms with E-state index in [2.05, 4.69) is 25.5 Å². The number of ether oxygens (including phenoxy) is 1. The van der Waals surface area contributed by atoms with Crippen LogP contribution in [-0.4, -0.2) is 60.0 Å². The number of carbonyl (C=O) groups excluding carboxylic acids is 1. The summed E-state index contributed by atoms with van der Waals surface area (Å²) in [5.41, 5.74) is 2.42. The lowest BCUT2D eigenvalue weighted by molar-refractivity contribution is 0.0932. The molecule has 0 saturated carbocycles. The Labute approximate surface area is 206 Å². The van der Waals surface area contributed by atoms with Gasteiger partial charge in [-0.05, 0) is 36.4 Å². The van der Waals surface area contributed by atoms with Crippen LogP contribution in [0.3, 0.4) is 0 Å². The zero-order valence-corrected chi connectivity index (χ0v) is 19.6. The minimum atomic E-state index is -0.346. The van der Waals surface area contributed by atoms with Gasteiger partial charge in [-0.2, -0.15) is 4.98 Å². The van der Waals surface area contributed by atoms with Crippen molar-refractivity contribution in [1.82, 2.24) is 15.3 Å². The van der Waals surface area contributed by atoms with Gasteiger partial charge >= 0.3 is 0 Å². The van der Waals surface area contributed by atoms with Gasteiger partial charge in [-0.25, -0.2) is 4.98 Å². The Morgan fingerprint density at radius 2 is 1.94 bits per heavy atom. The molecule has 9 nitrogen and oxygen atoms in total. The third-order valence-electron chi connectivity index (χ3n) is 5.78. The molecule has 1 saturated heterocycles. The number of piperazine rings is 1. The van der Waals surface area contributed by atoms with Crippen LogP contribution in [-0.2, 0) is 0 Å². The molecule has 2 aromatic carbocycles.